The van der Waals surface area contributed by atoms with Crippen molar-refractivity contribution < 1.29 is 14.6 Å². The minimum Gasteiger partial charge on any atom is -0.463 e. The van der Waals surface area contributed by atoms with Gasteiger partial charge in [-0.2, -0.15) is 0 Å². The SMILES string of the molecule is CC/C=C(\C(=O)OCC)[C@H](O)c1ccc(C)cc1. The molecule has 0 aliphatic rings. The van der Waals surface area contributed by atoms with Crippen LogP contribution in [0.1, 0.15) is 37.5 Å². The van der Waals surface area contributed by atoms with Gasteiger partial charge < -0.3 is 9.84 Å². The molecule has 0 fully saturated rings. The lowest BCUT2D eigenvalue weighted by Gasteiger charge is -2.14. The molecular weight excluding hydrogens is 228 g/mol. The molecule has 1 aromatic carbocycles. The van der Waals surface area contributed by atoms with Crippen LogP contribution < -0.4 is 0 Å². The van der Waals surface area contributed by atoms with E-state index in [9.17, 15) is 9.90 Å². The summed E-state index contributed by atoms with van der Waals surface area (Å²) in [5.74, 6) is -0.451. The normalized spacial score (nSPS) is 13.2. The van der Waals surface area contributed by atoms with Gasteiger partial charge in [0.25, 0.3) is 0 Å². The van der Waals surface area contributed by atoms with Gasteiger partial charge in [0.1, 0.15) is 6.10 Å². The van der Waals surface area contributed by atoms with E-state index in [-0.39, 0.29) is 0 Å². The predicted octanol–water partition coefficient (Wildman–Crippen LogP) is 2.93. The van der Waals surface area contributed by atoms with Gasteiger partial charge in [0.05, 0.1) is 12.2 Å². The van der Waals surface area contributed by atoms with E-state index >= 15 is 0 Å². The fraction of sp³-hybridized carbons (Fsp3) is 0.400. The molecule has 1 aromatic rings. The zero-order valence-electron chi connectivity index (χ0n) is 11.1. The molecular formula is C15H20O3. The van der Waals surface area contributed by atoms with E-state index in [1.165, 1.54) is 0 Å². The number of allylic oxidation sites excluding steroid dienone is 1. The van der Waals surface area contributed by atoms with Gasteiger partial charge in [0.15, 0.2) is 0 Å². The summed E-state index contributed by atoms with van der Waals surface area (Å²) in [7, 11) is 0. The van der Waals surface area contributed by atoms with Crippen LogP contribution in [0.25, 0.3) is 0 Å². The van der Waals surface area contributed by atoms with Crippen LogP contribution in [0.4, 0.5) is 0 Å². The minimum atomic E-state index is -0.926. The second-order valence-electron chi connectivity index (χ2n) is 4.10. The van der Waals surface area contributed by atoms with Gasteiger partial charge in [-0.05, 0) is 25.8 Å². The number of carbonyl (C=O) groups is 1. The van der Waals surface area contributed by atoms with Crippen LogP contribution in [-0.4, -0.2) is 17.7 Å². The number of ether oxygens (including phenoxy) is 1. The summed E-state index contributed by atoms with van der Waals surface area (Å²) in [6.45, 7) is 5.95. The summed E-state index contributed by atoms with van der Waals surface area (Å²) < 4.78 is 4.96. The Morgan fingerprint density at radius 2 is 1.94 bits per heavy atom. The fourth-order valence-corrected chi connectivity index (χ4v) is 1.67. The maximum Gasteiger partial charge on any atom is 0.336 e. The van der Waals surface area contributed by atoms with Crippen molar-refractivity contribution in [3.05, 3.63) is 47.0 Å². The van der Waals surface area contributed by atoms with E-state index < -0.39 is 12.1 Å². The Balaban J connectivity index is 2.96. The summed E-state index contributed by atoms with van der Waals surface area (Å²) in [4.78, 5) is 11.8. The number of hydrogen-bond donors (Lipinski definition) is 1. The number of rotatable bonds is 5. The van der Waals surface area contributed by atoms with Crippen molar-refractivity contribution in [1.29, 1.82) is 0 Å². The molecule has 0 aliphatic heterocycles. The number of aliphatic hydroxyl groups is 1. The van der Waals surface area contributed by atoms with Gasteiger partial charge in [-0.3, -0.25) is 0 Å². The Hall–Kier alpha value is -1.61. The molecule has 0 bridgehead atoms. The van der Waals surface area contributed by atoms with E-state index in [1.807, 2.05) is 38.1 Å². The van der Waals surface area contributed by atoms with Crippen LogP contribution in [-0.2, 0) is 9.53 Å². The Labute approximate surface area is 108 Å². The lowest BCUT2D eigenvalue weighted by atomic mass is 10.00. The maximum atomic E-state index is 11.8. The van der Waals surface area contributed by atoms with Crippen molar-refractivity contribution in [2.24, 2.45) is 0 Å². The molecule has 98 valence electrons. The van der Waals surface area contributed by atoms with Gasteiger partial charge >= 0.3 is 5.97 Å². The molecule has 0 radical (unpaired) electrons. The van der Waals surface area contributed by atoms with E-state index in [1.54, 1.807) is 13.0 Å². The van der Waals surface area contributed by atoms with Crippen molar-refractivity contribution in [3.63, 3.8) is 0 Å². The lowest BCUT2D eigenvalue weighted by molar-refractivity contribution is -0.139. The molecule has 0 unspecified atom stereocenters. The number of aliphatic hydroxyl groups excluding tert-OH is 1. The number of esters is 1. The molecule has 3 nitrogen and oxygen atoms in total. The van der Waals surface area contributed by atoms with E-state index in [2.05, 4.69) is 0 Å². The van der Waals surface area contributed by atoms with Gasteiger partial charge in [-0.15, -0.1) is 0 Å². The van der Waals surface area contributed by atoms with Crippen molar-refractivity contribution in [3.8, 4) is 0 Å². The first kappa shape index (κ1) is 14.5. The zero-order chi connectivity index (χ0) is 13.5. The van der Waals surface area contributed by atoms with Crippen molar-refractivity contribution in [1.82, 2.24) is 0 Å². The molecule has 0 aliphatic carbocycles. The second-order valence-corrected chi connectivity index (χ2v) is 4.10. The summed E-state index contributed by atoms with van der Waals surface area (Å²) in [5.41, 5.74) is 2.12. The molecule has 18 heavy (non-hydrogen) atoms. The monoisotopic (exact) mass is 248 g/mol. The Bertz CT molecular complexity index is 418. The summed E-state index contributed by atoms with van der Waals surface area (Å²) in [5, 5.41) is 10.2. The number of aryl methyl sites for hydroxylation is 1. The number of benzene rings is 1. The Morgan fingerprint density at radius 3 is 2.44 bits per heavy atom. The van der Waals surface area contributed by atoms with Gasteiger partial charge in [-0.1, -0.05) is 42.8 Å². The maximum absolute atomic E-state index is 11.8. The van der Waals surface area contributed by atoms with Crippen LogP contribution in [0.5, 0.6) is 0 Å². The largest absolute Gasteiger partial charge is 0.463 e. The van der Waals surface area contributed by atoms with Crippen molar-refractivity contribution in [2.45, 2.75) is 33.3 Å². The average Bonchev–Trinajstić information content (AvgIpc) is 2.36. The fourth-order valence-electron chi connectivity index (χ4n) is 1.67. The predicted molar refractivity (Wildman–Crippen MR) is 71.1 cm³/mol. The first-order valence-electron chi connectivity index (χ1n) is 6.21. The summed E-state index contributed by atoms with van der Waals surface area (Å²) in [6, 6.07) is 7.46. The van der Waals surface area contributed by atoms with Gasteiger partial charge in [-0.25, -0.2) is 4.79 Å². The van der Waals surface area contributed by atoms with E-state index in [4.69, 9.17) is 4.74 Å². The highest BCUT2D eigenvalue weighted by molar-refractivity contribution is 5.89. The Kier molecular flexibility index (Phi) is 5.59. The van der Waals surface area contributed by atoms with Crippen LogP contribution >= 0.6 is 0 Å². The van der Waals surface area contributed by atoms with Crippen LogP contribution in [0, 0.1) is 6.92 Å². The van der Waals surface area contributed by atoms with E-state index in [0.717, 1.165) is 5.56 Å². The third kappa shape index (κ3) is 3.70. The van der Waals surface area contributed by atoms with E-state index in [0.29, 0.717) is 24.2 Å². The first-order valence-corrected chi connectivity index (χ1v) is 6.21. The molecule has 0 spiro atoms. The number of hydrogen-bond acceptors (Lipinski definition) is 3. The molecule has 0 saturated carbocycles. The molecule has 1 N–H and O–H groups in total. The highest BCUT2D eigenvalue weighted by Crippen LogP contribution is 2.23. The second kappa shape index (κ2) is 6.97. The van der Waals surface area contributed by atoms with Gasteiger partial charge in [0.2, 0.25) is 0 Å². The minimum absolute atomic E-state index is 0.306. The molecule has 0 saturated heterocycles. The molecule has 3 heteroatoms. The average molecular weight is 248 g/mol. The molecule has 0 aromatic heterocycles. The van der Waals surface area contributed by atoms with Crippen LogP contribution in [0.15, 0.2) is 35.9 Å². The van der Waals surface area contributed by atoms with Crippen molar-refractivity contribution >= 4 is 5.97 Å². The standard InChI is InChI=1S/C15H20O3/c1-4-6-13(15(17)18-5-2)14(16)12-9-7-11(3)8-10-12/h6-10,14,16H,4-5H2,1-3H3/b13-6-/t14-/m1/s1. The van der Waals surface area contributed by atoms with Crippen LogP contribution in [0.2, 0.25) is 0 Å². The van der Waals surface area contributed by atoms with Crippen LogP contribution in [0.3, 0.4) is 0 Å². The summed E-state index contributed by atoms with van der Waals surface area (Å²) >= 11 is 0. The topological polar surface area (TPSA) is 46.5 Å². The highest BCUT2D eigenvalue weighted by Gasteiger charge is 2.20. The summed E-state index contributed by atoms with van der Waals surface area (Å²) in [6.07, 6.45) is 1.46. The zero-order valence-corrected chi connectivity index (χ0v) is 11.1. The first-order chi connectivity index (χ1) is 8.60. The Morgan fingerprint density at radius 1 is 1.33 bits per heavy atom. The van der Waals surface area contributed by atoms with Gasteiger partial charge in [0, 0.05) is 0 Å². The number of carbonyl (C=O) groups excluding carboxylic acids is 1. The third-order valence-electron chi connectivity index (χ3n) is 2.62. The molecule has 1 atom stereocenters. The highest BCUT2D eigenvalue weighted by atomic mass is 16.5. The van der Waals surface area contributed by atoms with Crippen molar-refractivity contribution in [2.75, 3.05) is 6.61 Å². The molecule has 0 amide bonds. The smallest absolute Gasteiger partial charge is 0.336 e. The molecule has 0 heterocycles. The quantitative estimate of drug-likeness (QED) is 0.643. The lowest BCUT2D eigenvalue weighted by Crippen LogP contribution is -2.14. The molecule has 1 rings (SSSR count). The third-order valence-corrected chi connectivity index (χ3v) is 2.62.